The summed E-state index contributed by atoms with van der Waals surface area (Å²) in [6.07, 6.45) is 10.4. The van der Waals surface area contributed by atoms with E-state index in [0.717, 1.165) is 106 Å². The van der Waals surface area contributed by atoms with Gasteiger partial charge in [0.05, 0.1) is 34.3 Å². The molecule has 1 atom stereocenters. The normalized spacial score (nSPS) is 21.5. The zero-order chi connectivity index (χ0) is 52.6. The van der Waals surface area contributed by atoms with E-state index in [-0.39, 0.29) is 34.4 Å². The van der Waals surface area contributed by atoms with Gasteiger partial charge in [-0.25, -0.2) is 18.1 Å². The minimum atomic E-state index is -4.59. The zero-order valence-electron chi connectivity index (χ0n) is 43.7. The van der Waals surface area contributed by atoms with Crippen LogP contribution in [0.5, 0.6) is 17.2 Å². The number of aryl methyl sites for hydroxylation is 1. The number of carbonyl (C=O) groups is 1. The number of pyridine rings is 1. The van der Waals surface area contributed by atoms with E-state index in [9.17, 15) is 28.4 Å². The Balaban J connectivity index is 0.832. The maximum absolute atomic E-state index is 14.1. The first-order chi connectivity index (χ1) is 35.9. The number of rotatable bonds is 16. The fourth-order valence-corrected chi connectivity index (χ4v) is 13.1. The van der Waals surface area contributed by atoms with Crippen LogP contribution in [0.3, 0.4) is 0 Å². The first-order valence-corrected chi connectivity index (χ1v) is 28.0. The molecule has 6 aromatic rings. The Kier molecular flexibility index (Phi) is 14.7. The number of benzene rings is 4. The van der Waals surface area contributed by atoms with E-state index in [4.69, 9.17) is 9.47 Å². The van der Waals surface area contributed by atoms with E-state index in [0.29, 0.717) is 42.7 Å². The van der Waals surface area contributed by atoms with Crippen LogP contribution in [0.25, 0.3) is 11.0 Å². The molecule has 2 aliphatic heterocycles. The van der Waals surface area contributed by atoms with Crippen molar-refractivity contribution in [1.29, 1.82) is 0 Å². The summed E-state index contributed by atoms with van der Waals surface area (Å²) < 4.78 is 42.0. The summed E-state index contributed by atoms with van der Waals surface area (Å²) in [4.78, 5) is 40.6. The number of methoxy groups -OCH3 is 1. The van der Waals surface area contributed by atoms with Gasteiger partial charge in [-0.1, -0.05) is 50.2 Å². The minimum absolute atomic E-state index is 0.0293. The summed E-state index contributed by atoms with van der Waals surface area (Å²) in [5.41, 5.74) is 5.98. The van der Waals surface area contributed by atoms with Gasteiger partial charge in [-0.3, -0.25) is 24.7 Å². The molecule has 4 aromatic carbocycles. The topological polar surface area (TPSA) is 195 Å². The summed E-state index contributed by atoms with van der Waals surface area (Å²) in [5.74, 6) is 1.09. The van der Waals surface area contributed by atoms with Crippen molar-refractivity contribution < 1.29 is 32.7 Å². The second-order valence-corrected chi connectivity index (χ2v) is 23.9. The molecule has 1 amide bonds. The Morgan fingerprint density at radius 2 is 1.72 bits per heavy atom. The highest BCUT2D eigenvalue weighted by Crippen LogP contribution is 2.53. The smallest absolute Gasteiger partial charge is 0.293 e. The van der Waals surface area contributed by atoms with Gasteiger partial charge in [0.15, 0.2) is 0 Å². The number of ether oxygens (including phenoxy) is 2. The standard InChI is InChI=1S/C58H70N8O8S/c1-38(2)47-8-6-7-9-48(47)52-37-63(36-41-11-10-39(3)53(28-41)73-5)26-27-65(52)44-32-58(33-44)21-24-64(25-22-58)43-12-14-49(54(30-43)74-45-29-42-18-23-59-55(42)61-35-45)56(67)62-75(71,72)46-13-15-50(51(31-46)66(69)70)60-34-40-16-19-57(4,68)20-17-40/h6-15,18,23,28-31,35,38,40,44,52,60,68H,16-17,19-22,24-27,32-34,36-37H2,1-5H3,(H,59,61)(H,62,67)/t40?,52-,57?/m0/s1. The van der Waals surface area contributed by atoms with Crippen LogP contribution in [0, 0.1) is 28.4 Å². The Labute approximate surface area is 440 Å². The Hall–Kier alpha value is -6.53. The van der Waals surface area contributed by atoms with Gasteiger partial charge in [-0.15, -0.1) is 0 Å². The molecule has 4 fully saturated rings. The molecule has 2 saturated carbocycles. The highest BCUT2D eigenvalue weighted by molar-refractivity contribution is 7.90. The Bertz CT molecular complexity index is 3170. The number of H-pyrrole nitrogens is 1. The van der Waals surface area contributed by atoms with Gasteiger partial charge in [0.2, 0.25) is 0 Å². The van der Waals surface area contributed by atoms with Crippen LogP contribution in [0.1, 0.15) is 117 Å². The number of nitro groups is 1. The largest absolute Gasteiger partial charge is 0.496 e. The number of piperazine rings is 1. The van der Waals surface area contributed by atoms with Gasteiger partial charge in [0.1, 0.15) is 28.6 Å². The SMILES string of the molecule is COc1cc(CN2CCN(C3CC4(CCN(c5ccc(C(=O)NS(=O)(=O)c6ccc(NCC7CCC(C)(O)CC7)c([N+](=O)[O-])c6)c(Oc6cnc7[nH]ccc7c6)c5)CC4)C3)[C@H](c3ccccc3C(C)C)C2)ccc1C. The number of aromatic nitrogens is 2. The number of fused-ring (bicyclic) bond motifs is 1. The lowest BCUT2D eigenvalue weighted by atomic mass is 9.59. The lowest BCUT2D eigenvalue weighted by molar-refractivity contribution is -0.384. The van der Waals surface area contributed by atoms with E-state index >= 15 is 0 Å². The highest BCUT2D eigenvalue weighted by atomic mass is 32.2. The molecule has 4 N–H and O–H groups in total. The first-order valence-electron chi connectivity index (χ1n) is 26.5. The second kappa shape index (κ2) is 21.2. The molecule has 4 heterocycles. The number of hydrogen-bond acceptors (Lipinski definition) is 13. The Morgan fingerprint density at radius 3 is 2.47 bits per heavy atom. The van der Waals surface area contributed by atoms with Gasteiger partial charge in [-0.05, 0) is 147 Å². The van der Waals surface area contributed by atoms with E-state index in [2.05, 4.69) is 97.9 Å². The third-order valence-electron chi connectivity index (χ3n) is 16.6. The van der Waals surface area contributed by atoms with E-state index in [1.54, 1.807) is 37.7 Å². The highest BCUT2D eigenvalue weighted by Gasteiger charge is 2.50. The molecule has 17 heteroatoms. The van der Waals surface area contributed by atoms with Crippen molar-refractivity contribution in [2.45, 2.75) is 114 Å². The van der Waals surface area contributed by atoms with Crippen molar-refractivity contribution in [2.24, 2.45) is 11.3 Å². The molecular weight excluding hydrogens is 969 g/mol. The number of carbonyl (C=O) groups excluding carboxylic acids is 1. The van der Waals surface area contributed by atoms with Crippen LogP contribution < -0.4 is 24.4 Å². The monoisotopic (exact) mass is 1040 g/mol. The fourth-order valence-electron chi connectivity index (χ4n) is 12.1. The summed E-state index contributed by atoms with van der Waals surface area (Å²) in [6.45, 7) is 14.4. The van der Waals surface area contributed by atoms with Crippen molar-refractivity contribution in [3.05, 3.63) is 141 Å². The van der Waals surface area contributed by atoms with Crippen LogP contribution >= 0.6 is 0 Å². The van der Waals surface area contributed by atoms with Crippen molar-refractivity contribution in [3.8, 4) is 17.2 Å². The quantitative estimate of drug-likeness (QED) is 0.0529. The van der Waals surface area contributed by atoms with Crippen molar-refractivity contribution >= 4 is 44.0 Å². The van der Waals surface area contributed by atoms with Crippen LogP contribution in [-0.2, 0) is 16.6 Å². The van der Waals surface area contributed by atoms with Crippen LogP contribution in [0.4, 0.5) is 17.1 Å². The summed E-state index contributed by atoms with van der Waals surface area (Å²) in [6, 6.07) is 28.7. The number of aliphatic hydroxyl groups is 1. The number of amides is 1. The number of hydrogen-bond donors (Lipinski definition) is 4. The van der Waals surface area contributed by atoms with Gasteiger partial charge in [0, 0.05) is 87.3 Å². The molecule has 2 saturated heterocycles. The Morgan fingerprint density at radius 1 is 0.947 bits per heavy atom. The number of piperidine rings is 1. The number of sulfonamides is 1. The lowest BCUT2D eigenvalue weighted by Gasteiger charge is -2.58. The molecule has 0 unspecified atom stereocenters. The first kappa shape index (κ1) is 51.9. The molecule has 75 heavy (non-hydrogen) atoms. The molecule has 1 spiro atoms. The van der Waals surface area contributed by atoms with Crippen molar-refractivity contribution in [3.63, 3.8) is 0 Å². The predicted molar refractivity (Wildman–Crippen MR) is 291 cm³/mol. The van der Waals surface area contributed by atoms with E-state index in [1.165, 1.54) is 28.8 Å². The summed E-state index contributed by atoms with van der Waals surface area (Å²) in [7, 11) is -2.85. The third-order valence-corrected chi connectivity index (χ3v) is 18.0. The molecule has 396 valence electrons. The van der Waals surface area contributed by atoms with Gasteiger partial charge < -0.3 is 29.8 Å². The van der Waals surface area contributed by atoms with Crippen molar-refractivity contribution in [2.75, 3.05) is 56.6 Å². The minimum Gasteiger partial charge on any atom is -0.496 e. The number of nitrogens with zero attached hydrogens (tertiary/aromatic N) is 5. The summed E-state index contributed by atoms with van der Waals surface area (Å²) >= 11 is 0. The van der Waals surface area contributed by atoms with Gasteiger partial charge in [-0.2, -0.15) is 0 Å². The second-order valence-electron chi connectivity index (χ2n) is 22.2. The predicted octanol–water partition coefficient (Wildman–Crippen LogP) is 10.5. The zero-order valence-corrected chi connectivity index (χ0v) is 44.5. The average molecular weight is 1040 g/mol. The average Bonchev–Trinajstić information content (AvgIpc) is 3.86. The lowest BCUT2D eigenvalue weighted by Crippen LogP contribution is -2.60. The number of aromatic amines is 1. The number of nitrogens with one attached hydrogen (secondary N) is 3. The van der Waals surface area contributed by atoms with Gasteiger partial charge >= 0.3 is 0 Å². The number of nitro benzene ring substituents is 1. The van der Waals surface area contributed by atoms with Crippen LogP contribution in [0.2, 0.25) is 0 Å². The molecule has 10 rings (SSSR count). The molecular formula is C58H70N8O8S. The molecule has 2 aromatic heterocycles. The maximum atomic E-state index is 14.1. The third kappa shape index (κ3) is 11.4. The molecule has 16 nitrogen and oxygen atoms in total. The summed E-state index contributed by atoms with van der Waals surface area (Å²) in [5, 5.41) is 26.5. The fraction of sp³-hybridized carbons (Fsp3) is 0.448. The molecule has 0 bridgehead atoms. The maximum Gasteiger partial charge on any atom is 0.293 e. The van der Waals surface area contributed by atoms with Crippen molar-refractivity contribution in [1.82, 2.24) is 24.5 Å². The number of anilines is 2. The molecule has 4 aliphatic rings. The van der Waals surface area contributed by atoms with Crippen LogP contribution in [-0.4, -0.2) is 102 Å². The van der Waals surface area contributed by atoms with Crippen LogP contribution in [0.15, 0.2) is 108 Å². The van der Waals surface area contributed by atoms with E-state index < -0.39 is 37.0 Å². The molecule has 2 aliphatic carbocycles. The molecule has 0 radical (unpaired) electrons. The van der Waals surface area contributed by atoms with E-state index in [1.807, 2.05) is 19.1 Å². The van der Waals surface area contributed by atoms with Gasteiger partial charge in [0.25, 0.3) is 21.6 Å².